The number of nitrogens with zero attached hydrogens (tertiary/aromatic N) is 2. The molecule has 25 heavy (non-hydrogen) atoms. The Kier molecular flexibility index (Phi) is 4.17. The summed E-state index contributed by atoms with van der Waals surface area (Å²) in [5.74, 6) is -0.183. The van der Waals surface area contributed by atoms with Crippen LogP contribution in [0.25, 0.3) is 20.8 Å². The van der Waals surface area contributed by atoms with Crippen molar-refractivity contribution >= 4 is 33.7 Å². The second kappa shape index (κ2) is 7.58. The van der Waals surface area contributed by atoms with Crippen molar-refractivity contribution in [2.24, 2.45) is 0 Å². The molecule has 0 aliphatic heterocycles. The SMILES string of the molecule is [2H]C([2H])([2H])N(C=O)c1ccc(-c2nc3ccc(OCOCC)cc3s2)cc1[18F]. The van der Waals surface area contributed by atoms with Gasteiger partial charge in [-0.3, -0.25) is 4.79 Å². The van der Waals surface area contributed by atoms with Gasteiger partial charge in [-0.05, 0) is 43.3 Å². The van der Waals surface area contributed by atoms with Gasteiger partial charge >= 0.3 is 0 Å². The van der Waals surface area contributed by atoms with Gasteiger partial charge in [0.1, 0.15) is 16.6 Å². The third-order valence-electron chi connectivity index (χ3n) is 3.43. The third kappa shape index (κ3) is 3.78. The molecule has 0 aliphatic carbocycles. The summed E-state index contributed by atoms with van der Waals surface area (Å²) in [5.41, 5.74) is 0.896. The molecular formula is C18H17FN2O3S. The van der Waals surface area contributed by atoms with Crippen molar-refractivity contribution in [2.75, 3.05) is 25.3 Å². The first-order chi connectivity index (χ1) is 13.3. The molecular weight excluding hydrogens is 342 g/mol. The molecule has 0 spiro atoms. The van der Waals surface area contributed by atoms with E-state index in [0.717, 1.165) is 10.2 Å². The van der Waals surface area contributed by atoms with Gasteiger partial charge in [0, 0.05) is 23.3 Å². The van der Waals surface area contributed by atoms with Gasteiger partial charge in [0.15, 0.2) is 6.79 Å². The lowest BCUT2D eigenvalue weighted by atomic mass is 10.2. The van der Waals surface area contributed by atoms with Crippen molar-refractivity contribution in [1.82, 2.24) is 4.98 Å². The molecule has 0 atom stereocenters. The summed E-state index contributed by atoms with van der Waals surface area (Å²) in [5, 5.41) is 0.564. The van der Waals surface area contributed by atoms with E-state index in [0.29, 0.717) is 27.8 Å². The molecule has 0 saturated carbocycles. The molecule has 2 aromatic carbocycles. The summed E-state index contributed by atoms with van der Waals surface area (Å²) in [6, 6.07) is 9.35. The van der Waals surface area contributed by atoms with Crippen molar-refractivity contribution in [2.45, 2.75) is 6.92 Å². The van der Waals surface area contributed by atoms with E-state index in [9.17, 15) is 9.18 Å². The maximum absolute atomic E-state index is 14.5. The summed E-state index contributed by atoms with van der Waals surface area (Å²) in [4.78, 5) is 15.9. The lowest BCUT2D eigenvalue weighted by Gasteiger charge is -2.11. The summed E-state index contributed by atoms with van der Waals surface area (Å²) in [6.07, 6.45) is 0.0898. The number of carbonyl (C=O) groups is 1. The number of hydrogen-bond acceptors (Lipinski definition) is 5. The van der Waals surface area contributed by atoms with Gasteiger partial charge in [-0.1, -0.05) is 0 Å². The van der Waals surface area contributed by atoms with Crippen LogP contribution in [0.5, 0.6) is 5.75 Å². The second-order valence-corrected chi connectivity index (χ2v) is 6.08. The first kappa shape index (κ1) is 13.7. The molecule has 0 fully saturated rings. The number of ether oxygens (including phenoxy) is 2. The number of thiazole rings is 1. The van der Waals surface area contributed by atoms with Crippen LogP contribution in [0.1, 0.15) is 11.0 Å². The van der Waals surface area contributed by atoms with Crippen LogP contribution in [0.4, 0.5) is 10.1 Å². The normalized spacial score (nSPS) is 13.1. The van der Waals surface area contributed by atoms with E-state index in [1.54, 1.807) is 12.1 Å². The Labute approximate surface area is 152 Å². The van der Waals surface area contributed by atoms with Gasteiger partial charge in [0.2, 0.25) is 6.41 Å². The van der Waals surface area contributed by atoms with Gasteiger partial charge in [-0.15, -0.1) is 11.3 Å². The molecule has 0 bridgehead atoms. The first-order valence-electron chi connectivity index (χ1n) is 8.99. The van der Waals surface area contributed by atoms with Crippen LogP contribution in [0.2, 0.25) is 0 Å². The van der Waals surface area contributed by atoms with Gasteiger partial charge in [-0.25, -0.2) is 9.37 Å². The molecule has 0 radical (unpaired) electrons. The number of aromatic nitrogens is 1. The summed E-state index contributed by atoms with van der Waals surface area (Å²) < 4.78 is 48.0. The lowest BCUT2D eigenvalue weighted by Crippen LogP contribution is -2.15. The maximum Gasteiger partial charge on any atom is 0.213 e. The average Bonchev–Trinajstić information content (AvgIpc) is 3.06. The van der Waals surface area contributed by atoms with E-state index in [2.05, 4.69) is 4.98 Å². The van der Waals surface area contributed by atoms with Crippen LogP contribution in [0.3, 0.4) is 0 Å². The minimum absolute atomic E-state index is 0.0898. The predicted molar refractivity (Wildman–Crippen MR) is 96.6 cm³/mol. The maximum atomic E-state index is 14.5. The molecule has 0 aliphatic rings. The number of halogens is 1. The highest BCUT2D eigenvalue weighted by atomic mass is 32.1. The minimum atomic E-state index is -2.77. The Morgan fingerprint density at radius 2 is 2.24 bits per heavy atom. The number of amides is 1. The topological polar surface area (TPSA) is 51.7 Å². The van der Waals surface area contributed by atoms with E-state index in [1.807, 2.05) is 13.0 Å². The van der Waals surface area contributed by atoms with E-state index in [4.69, 9.17) is 13.6 Å². The fraction of sp³-hybridized carbons (Fsp3) is 0.222. The van der Waals surface area contributed by atoms with E-state index in [1.165, 1.54) is 29.5 Å². The molecule has 0 unspecified atom stereocenters. The Hall–Kier alpha value is -2.51. The molecule has 1 heterocycles. The van der Waals surface area contributed by atoms with E-state index < -0.39 is 12.8 Å². The number of benzene rings is 2. The Balaban J connectivity index is 1.90. The van der Waals surface area contributed by atoms with Crippen LogP contribution in [0, 0.1) is 5.82 Å². The Bertz CT molecular complexity index is 994. The van der Waals surface area contributed by atoms with Crippen molar-refractivity contribution in [3.8, 4) is 16.3 Å². The quantitative estimate of drug-likeness (QED) is 0.361. The van der Waals surface area contributed by atoms with Gasteiger partial charge < -0.3 is 14.4 Å². The van der Waals surface area contributed by atoms with Crippen LogP contribution >= 0.6 is 11.3 Å². The predicted octanol–water partition coefficient (Wildman–Crippen LogP) is 4.07. The Morgan fingerprint density at radius 3 is 2.96 bits per heavy atom. The van der Waals surface area contributed by atoms with Crippen molar-refractivity contribution in [1.29, 1.82) is 0 Å². The summed E-state index contributed by atoms with van der Waals surface area (Å²) in [7, 11) is 0. The molecule has 1 amide bonds. The van der Waals surface area contributed by atoms with Crippen molar-refractivity contribution < 1.29 is 22.8 Å². The molecule has 130 valence electrons. The first-order valence-corrected chi connectivity index (χ1v) is 8.31. The molecule has 0 saturated heterocycles. The lowest BCUT2D eigenvalue weighted by molar-refractivity contribution is -0.107. The van der Waals surface area contributed by atoms with Crippen LogP contribution in [0.15, 0.2) is 36.4 Å². The zero-order valence-electron chi connectivity index (χ0n) is 16.4. The van der Waals surface area contributed by atoms with Gasteiger partial charge in [-0.2, -0.15) is 0 Å². The van der Waals surface area contributed by atoms with Gasteiger partial charge in [0.05, 0.1) is 15.9 Å². The fourth-order valence-electron chi connectivity index (χ4n) is 2.20. The van der Waals surface area contributed by atoms with Crippen LogP contribution in [-0.4, -0.2) is 31.8 Å². The largest absolute Gasteiger partial charge is 0.468 e. The van der Waals surface area contributed by atoms with Crippen molar-refractivity contribution in [3.05, 3.63) is 42.2 Å². The average molecular weight is 362 g/mol. The monoisotopic (exact) mass is 362 g/mol. The Morgan fingerprint density at radius 1 is 1.36 bits per heavy atom. The number of carbonyl (C=O) groups excluding carboxylic acids is 1. The molecule has 7 heteroatoms. The highest BCUT2D eigenvalue weighted by Gasteiger charge is 2.12. The van der Waals surface area contributed by atoms with Crippen LogP contribution < -0.4 is 9.64 Å². The smallest absolute Gasteiger partial charge is 0.213 e. The highest BCUT2D eigenvalue weighted by Crippen LogP contribution is 2.34. The number of fused-ring (bicyclic) bond motifs is 1. The highest BCUT2D eigenvalue weighted by molar-refractivity contribution is 7.21. The second-order valence-electron chi connectivity index (χ2n) is 5.05. The number of anilines is 1. The van der Waals surface area contributed by atoms with E-state index in [-0.39, 0.29) is 18.9 Å². The zero-order chi connectivity index (χ0) is 20.3. The van der Waals surface area contributed by atoms with Crippen LogP contribution in [-0.2, 0) is 9.53 Å². The molecule has 0 N–H and O–H groups in total. The van der Waals surface area contributed by atoms with Crippen molar-refractivity contribution in [3.63, 3.8) is 0 Å². The summed E-state index contributed by atoms with van der Waals surface area (Å²) >= 11 is 1.35. The van der Waals surface area contributed by atoms with E-state index >= 15 is 0 Å². The molecule has 5 nitrogen and oxygen atoms in total. The zero-order valence-corrected chi connectivity index (χ0v) is 14.2. The fourth-order valence-corrected chi connectivity index (χ4v) is 3.19. The molecule has 1 aromatic heterocycles. The standard InChI is InChI=1S/C18H17FN2O3S/c1-3-23-11-24-13-5-6-15-17(9-13)25-18(20-15)12-4-7-16(14(19)8-12)21(2)10-22/h4-10H,3,11H2,1-2H3/i2D3,19-1. The van der Waals surface area contributed by atoms with Gasteiger partial charge in [0.25, 0.3) is 0 Å². The molecule has 3 aromatic rings. The molecule has 3 rings (SSSR count). The minimum Gasteiger partial charge on any atom is -0.468 e. The number of hydrogen-bond donors (Lipinski definition) is 0. The summed E-state index contributed by atoms with van der Waals surface area (Å²) in [6.45, 7) is -0.189. The number of rotatable bonds is 7. The third-order valence-corrected chi connectivity index (χ3v) is 4.50.